The Labute approximate surface area is 378 Å². The lowest BCUT2D eigenvalue weighted by Gasteiger charge is -2.28. The van der Waals surface area contributed by atoms with Crippen LogP contribution >= 0.6 is 0 Å². The third-order valence-electron chi connectivity index (χ3n) is 14.0. The summed E-state index contributed by atoms with van der Waals surface area (Å²) >= 11 is 0. The number of rotatable bonds is 6. The van der Waals surface area contributed by atoms with Gasteiger partial charge in [-0.25, -0.2) is 0 Å². The van der Waals surface area contributed by atoms with Crippen LogP contribution in [0.15, 0.2) is 229 Å². The van der Waals surface area contributed by atoms with E-state index in [9.17, 15) is 0 Å². The highest BCUT2D eigenvalue weighted by molar-refractivity contribution is 6.30. The number of benzene rings is 11. The maximum Gasteiger partial charge on any atom is 0.143 e. The molecule has 0 atom stereocenters. The second kappa shape index (κ2) is 14.4. The van der Waals surface area contributed by atoms with Crippen molar-refractivity contribution in [3.8, 4) is 44.5 Å². The quantitative estimate of drug-likeness (QED) is 0.155. The molecule has 12 aromatic rings. The van der Waals surface area contributed by atoms with E-state index in [0.717, 1.165) is 66.6 Å². The summed E-state index contributed by atoms with van der Waals surface area (Å²) in [5.41, 5.74) is 17.4. The van der Waals surface area contributed by atoms with Gasteiger partial charge in [0.25, 0.3) is 0 Å². The Morgan fingerprint density at radius 2 is 0.892 bits per heavy atom. The van der Waals surface area contributed by atoms with Gasteiger partial charge in [-0.15, -0.1) is 0 Å². The molecule has 0 N–H and O–H groups in total. The fraction of sp³-hybridized carbons (Fsp3) is 0.0476. The molecule has 0 bridgehead atoms. The van der Waals surface area contributed by atoms with Gasteiger partial charge in [0, 0.05) is 38.6 Å². The molecule has 2 heteroatoms. The lowest BCUT2D eigenvalue weighted by Crippen LogP contribution is -2.16. The second-order valence-corrected chi connectivity index (χ2v) is 18.0. The lowest BCUT2D eigenvalue weighted by atomic mass is 9.82. The van der Waals surface area contributed by atoms with Crippen LogP contribution in [0.2, 0.25) is 0 Å². The van der Waals surface area contributed by atoms with Gasteiger partial charge in [-0.2, -0.15) is 0 Å². The topological polar surface area (TPSA) is 16.4 Å². The van der Waals surface area contributed by atoms with Crippen molar-refractivity contribution in [3.05, 3.63) is 236 Å². The van der Waals surface area contributed by atoms with Crippen molar-refractivity contribution in [1.29, 1.82) is 0 Å². The maximum absolute atomic E-state index is 6.96. The van der Waals surface area contributed by atoms with Gasteiger partial charge in [-0.1, -0.05) is 184 Å². The van der Waals surface area contributed by atoms with Crippen molar-refractivity contribution in [3.63, 3.8) is 0 Å². The van der Waals surface area contributed by atoms with Crippen molar-refractivity contribution in [1.82, 2.24) is 0 Å². The molecule has 1 aliphatic carbocycles. The summed E-state index contributed by atoms with van der Waals surface area (Å²) in [6.07, 6.45) is 0. The van der Waals surface area contributed by atoms with Gasteiger partial charge >= 0.3 is 0 Å². The van der Waals surface area contributed by atoms with Crippen LogP contribution in [-0.4, -0.2) is 0 Å². The molecule has 2 nitrogen and oxygen atoms in total. The number of nitrogens with zero attached hydrogens (tertiary/aromatic N) is 1. The molecule has 1 aromatic heterocycles. The minimum Gasteiger partial charge on any atom is -0.455 e. The summed E-state index contributed by atoms with van der Waals surface area (Å²) in [6.45, 7) is 4.71. The first-order chi connectivity index (χ1) is 32.0. The predicted molar refractivity (Wildman–Crippen MR) is 275 cm³/mol. The molecule has 0 amide bonds. The Morgan fingerprint density at radius 3 is 1.66 bits per heavy atom. The molecule has 11 aromatic carbocycles. The molecule has 65 heavy (non-hydrogen) atoms. The molecule has 0 aliphatic heterocycles. The second-order valence-electron chi connectivity index (χ2n) is 18.0. The number of hydrogen-bond donors (Lipinski definition) is 0. The molecular formula is C63H43NO. The molecule has 13 rings (SSSR count). The molecule has 0 radical (unpaired) electrons. The van der Waals surface area contributed by atoms with Crippen LogP contribution in [0.25, 0.3) is 98.8 Å². The lowest BCUT2D eigenvalue weighted by molar-refractivity contribution is 0.660. The first-order valence-corrected chi connectivity index (χ1v) is 22.6. The van der Waals surface area contributed by atoms with E-state index in [0.29, 0.717) is 0 Å². The van der Waals surface area contributed by atoms with E-state index in [-0.39, 0.29) is 5.41 Å². The number of fused-ring (bicyclic) bond motifs is 12. The third kappa shape index (κ3) is 5.88. The molecule has 0 saturated carbocycles. The highest BCUT2D eigenvalue weighted by Gasteiger charge is 2.35. The summed E-state index contributed by atoms with van der Waals surface area (Å²) in [6, 6.07) is 82.1. The van der Waals surface area contributed by atoms with E-state index in [1.165, 1.54) is 60.3 Å². The third-order valence-corrected chi connectivity index (χ3v) is 14.0. The zero-order chi connectivity index (χ0) is 43.2. The first-order valence-electron chi connectivity index (χ1n) is 22.6. The van der Waals surface area contributed by atoms with Crippen molar-refractivity contribution in [2.75, 3.05) is 4.90 Å². The number of anilines is 3. The Balaban J connectivity index is 1.00. The maximum atomic E-state index is 6.96. The van der Waals surface area contributed by atoms with Gasteiger partial charge in [0.2, 0.25) is 0 Å². The highest BCUT2D eigenvalue weighted by Crippen LogP contribution is 2.51. The molecule has 0 saturated heterocycles. The van der Waals surface area contributed by atoms with Gasteiger partial charge in [0.05, 0.1) is 0 Å². The smallest absolute Gasteiger partial charge is 0.143 e. The molecule has 0 unspecified atom stereocenters. The van der Waals surface area contributed by atoms with Crippen LogP contribution in [-0.2, 0) is 5.41 Å². The van der Waals surface area contributed by atoms with Gasteiger partial charge in [-0.05, 0) is 137 Å². The molecule has 1 aliphatic rings. The van der Waals surface area contributed by atoms with E-state index in [2.05, 4.69) is 243 Å². The fourth-order valence-corrected chi connectivity index (χ4v) is 10.8. The zero-order valence-electron chi connectivity index (χ0n) is 36.2. The van der Waals surface area contributed by atoms with Crippen molar-refractivity contribution in [2.45, 2.75) is 19.3 Å². The average Bonchev–Trinajstić information content (AvgIpc) is 3.86. The predicted octanol–water partition coefficient (Wildman–Crippen LogP) is 17.8. The largest absolute Gasteiger partial charge is 0.455 e. The number of hydrogen-bond acceptors (Lipinski definition) is 2. The van der Waals surface area contributed by atoms with Crippen LogP contribution in [0.3, 0.4) is 0 Å². The van der Waals surface area contributed by atoms with Crippen LogP contribution in [0.5, 0.6) is 0 Å². The Kier molecular flexibility index (Phi) is 8.29. The standard InChI is InChI=1S/C63H43NO/c1-63(2)58-23-13-12-20-51(58)52-35-34-48(37-59(52)63)64(46-30-26-42(27-31-46)40-14-4-3-5-15-40)47-32-28-43(29-33-47)55-38-57-60(39-56(55)45-25-24-41-16-6-7-17-44(41)36-45)65-62-54-22-11-9-19-50(54)49-18-8-10-21-53(49)61(57)62/h3-39H,1-2H3. The number of furan rings is 1. The van der Waals surface area contributed by atoms with Gasteiger partial charge in [0.1, 0.15) is 11.2 Å². The molecule has 0 fully saturated rings. The Hall–Kier alpha value is -8.20. The van der Waals surface area contributed by atoms with E-state index in [4.69, 9.17) is 4.42 Å². The van der Waals surface area contributed by atoms with Crippen LogP contribution < -0.4 is 4.90 Å². The Bertz CT molecular complexity index is 3840. The summed E-state index contributed by atoms with van der Waals surface area (Å²) in [4.78, 5) is 2.41. The highest BCUT2D eigenvalue weighted by atomic mass is 16.3. The summed E-state index contributed by atoms with van der Waals surface area (Å²) in [7, 11) is 0. The minimum absolute atomic E-state index is 0.124. The summed E-state index contributed by atoms with van der Waals surface area (Å²) in [5, 5.41) is 9.48. The molecular weight excluding hydrogens is 787 g/mol. The Morgan fingerprint density at radius 1 is 0.338 bits per heavy atom. The fourth-order valence-electron chi connectivity index (χ4n) is 10.8. The van der Waals surface area contributed by atoms with Crippen molar-refractivity contribution in [2.24, 2.45) is 0 Å². The van der Waals surface area contributed by atoms with E-state index >= 15 is 0 Å². The van der Waals surface area contributed by atoms with Gasteiger partial charge in [-0.3, -0.25) is 0 Å². The van der Waals surface area contributed by atoms with Crippen molar-refractivity contribution < 1.29 is 4.42 Å². The molecule has 306 valence electrons. The van der Waals surface area contributed by atoms with E-state index < -0.39 is 0 Å². The van der Waals surface area contributed by atoms with E-state index in [1.807, 2.05) is 0 Å². The summed E-state index contributed by atoms with van der Waals surface area (Å²) < 4.78 is 6.96. The van der Waals surface area contributed by atoms with Crippen LogP contribution in [0.4, 0.5) is 17.1 Å². The van der Waals surface area contributed by atoms with Crippen LogP contribution in [0, 0.1) is 0 Å². The molecule has 1 heterocycles. The zero-order valence-corrected chi connectivity index (χ0v) is 36.2. The van der Waals surface area contributed by atoms with Crippen molar-refractivity contribution >= 4 is 71.3 Å². The average molecular weight is 830 g/mol. The van der Waals surface area contributed by atoms with Gasteiger partial charge in [0.15, 0.2) is 0 Å². The van der Waals surface area contributed by atoms with Gasteiger partial charge < -0.3 is 9.32 Å². The summed E-state index contributed by atoms with van der Waals surface area (Å²) in [5.74, 6) is 0. The first kappa shape index (κ1) is 37.4. The minimum atomic E-state index is -0.124. The normalized spacial score (nSPS) is 12.9. The van der Waals surface area contributed by atoms with E-state index in [1.54, 1.807) is 0 Å². The molecule has 0 spiro atoms. The van der Waals surface area contributed by atoms with Crippen LogP contribution in [0.1, 0.15) is 25.0 Å². The SMILES string of the molecule is CC1(C)c2ccccc2-c2ccc(N(c3ccc(-c4ccccc4)cc3)c3ccc(-c4cc5c(cc4-c4ccc6ccccc6c4)oc4c6ccccc6c6ccccc6c54)cc3)cc21. The monoisotopic (exact) mass is 829 g/mol.